The molecule has 3 saturated heterocycles. The second-order valence-electron chi connectivity index (χ2n) is 8.42. The van der Waals surface area contributed by atoms with E-state index in [9.17, 15) is 0 Å². The van der Waals surface area contributed by atoms with Crippen molar-refractivity contribution in [3.63, 3.8) is 0 Å². The van der Waals surface area contributed by atoms with E-state index in [-0.39, 0.29) is 0 Å². The smallest absolute Gasteiger partial charge is 0.169 e. The third kappa shape index (κ3) is 2.62. The van der Waals surface area contributed by atoms with Crippen LogP contribution in [0.1, 0.15) is 51.4 Å². The van der Waals surface area contributed by atoms with Crippen LogP contribution in [-0.2, 0) is 0 Å². The van der Waals surface area contributed by atoms with Gasteiger partial charge in [0.2, 0.25) is 0 Å². The van der Waals surface area contributed by atoms with Gasteiger partial charge >= 0.3 is 0 Å². The van der Waals surface area contributed by atoms with Crippen molar-refractivity contribution < 1.29 is 0 Å². The Balaban J connectivity index is 1.41. The summed E-state index contributed by atoms with van der Waals surface area (Å²) < 4.78 is 0. The maximum absolute atomic E-state index is 5.80. The molecule has 126 valence electrons. The second-order valence-corrected chi connectivity index (χ2v) is 8.81. The number of rotatable bonds is 1. The van der Waals surface area contributed by atoms with Gasteiger partial charge in [-0.15, -0.1) is 0 Å². The first-order valence-electron chi connectivity index (χ1n) is 9.81. The Bertz CT molecular complexity index is 527. The fraction of sp³-hybridized carbons (Fsp3) is 0.842. The van der Waals surface area contributed by atoms with E-state index in [1.54, 1.807) is 5.57 Å². The minimum absolute atomic E-state index is 0.599. The van der Waals surface area contributed by atoms with Crippen molar-refractivity contribution in [3.8, 4) is 0 Å². The van der Waals surface area contributed by atoms with Crippen LogP contribution < -0.4 is 5.32 Å². The lowest BCUT2D eigenvalue weighted by atomic mass is 9.68. The predicted octanol–water partition coefficient (Wildman–Crippen LogP) is 2.92. The van der Waals surface area contributed by atoms with E-state index < -0.39 is 0 Å². The summed E-state index contributed by atoms with van der Waals surface area (Å²) in [4.78, 5) is 5.38. The Morgan fingerprint density at radius 3 is 2.91 bits per heavy atom. The Labute approximate surface area is 145 Å². The van der Waals surface area contributed by atoms with E-state index >= 15 is 0 Å². The molecule has 0 aromatic carbocycles. The molecule has 3 heterocycles. The highest BCUT2D eigenvalue weighted by Gasteiger charge is 2.46. The maximum atomic E-state index is 5.80. The zero-order valence-electron chi connectivity index (χ0n) is 14.0. The summed E-state index contributed by atoms with van der Waals surface area (Å²) in [6.45, 7) is 3.80. The molecule has 5 aliphatic rings. The second kappa shape index (κ2) is 5.73. The summed E-state index contributed by atoms with van der Waals surface area (Å²) in [5.74, 6) is 1.62. The molecular formula is C19H29N3S. The van der Waals surface area contributed by atoms with Gasteiger partial charge in [0.15, 0.2) is 5.11 Å². The van der Waals surface area contributed by atoms with Crippen molar-refractivity contribution in [1.29, 1.82) is 0 Å². The van der Waals surface area contributed by atoms with Crippen molar-refractivity contribution >= 4 is 17.3 Å². The molecule has 4 fully saturated rings. The lowest BCUT2D eigenvalue weighted by molar-refractivity contribution is 0.0127. The van der Waals surface area contributed by atoms with Gasteiger partial charge < -0.3 is 10.2 Å². The fourth-order valence-electron chi connectivity index (χ4n) is 5.69. The highest BCUT2D eigenvalue weighted by molar-refractivity contribution is 7.80. The third-order valence-corrected chi connectivity index (χ3v) is 7.18. The zero-order chi connectivity index (χ0) is 15.4. The number of thiocarbonyl (C=S) groups is 1. The lowest BCUT2D eigenvalue weighted by Crippen LogP contribution is -2.61. The van der Waals surface area contributed by atoms with Crippen molar-refractivity contribution in [2.45, 2.75) is 69.5 Å². The van der Waals surface area contributed by atoms with Gasteiger partial charge in [-0.25, -0.2) is 0 Å². The fourth-order valence-corrected chi connectivity index (χ4v) is 6.06. The predicted molar refractivity (Wildman–Crippen MR) is 97.4 cm³/mol. The van der Waals surface area contributed by atoms with Crippen LogP contribution >= 0.6 is 12.2 Å². The lowest BCUT2D eigenvalue weighted by Gasteiger charge is -2.55. The molecular weight excluding hydrogens is 302 g/mol. The number of nitrogens with zero attached hydrogens (tertiary/aromatic N) is 2. The standard InChI is InChI=1S/C19H29N3S/c23-19(20-16-6-7-16)22-9-3-4-13-10-14-11-15(18(13)22)12-21-8-2-1-5-17(14)21/h10,14-18H,1-9,11-12H2,(H,20,23). The van der Waals surface area contributed by atoms with E-state index in [0.29, 0.717) is 12.1 Å². The molecule has 0 aromatic rings. The molecule has 0 aromatic heterocycles. The number of fused-ring (bicyclic) bond motifs is 6. The number of likely N-dealkylation sites (tertiary alicyclic amines) is 1. The third-order valence-electron chi connectivity index (χ3n) is 6.82. The van der Waals surface area contributed by atoms with Crippen LogP contribution in [0.5, 0.6) is 0 Å². The van der Waals surface area contributed by atoms with Crippen LogP contribution in [-0.4, -0.2) is 52.7 Å². The summed E-state index contributed by atoms with van der Waals surface area (Å²) in [6, 6.07) is 2.12. The Kier molecular flexibility index (Phi) is 3.67. The minimum atomic E-state index is 0.599. The van der Waals surface area contributed by atoms with Crippen molar-refractivity contribution in [2.75, 3.05) is 19.6 Å². The van der Waals surface area contributed by atoms with E-state index in [1.165, 1.54) is 64.5 Å². The van der Waals surface area contributed by atoms with Crippen LogP contribution in [0, 0.1) is 11.8 Å². The van der Waals surface area contributed by atoms with Gasteiger partial charge in [0.05, 0.1) is 6.04 Å². The SMILES string of the molecule is S=C(NC1CC1)N1CCCC2=CC3CC(CN4CCCCC34)C21. The Hall–Kier alpha value is -0.610. The highest BCUT2D eigenvalue weighted by Crippen LogP contribution is 2.45. The molecule has 2 bridgehead atoms. The van der Waals surface area contributed by atoms with Crippen LogP contribution in [0.3, 0.4) is 0 Å². The number of hydrogen-bond donors (Lipinski definition) is 1. The van der Waals surface area contributed by atoms with E-state index in [4.69, 9.17) is 12.2 Å². The molecule has 0 amide bonds. The molecule has 23 heavy (non-hydrogen) atoms. The quantitative estimate of drug-likeness (QED) is 0.588. The van der Waals surface area contributed by atoms with Gasteiger partial charge in [0.1, 0.15) is 0 Å². The summed E-state index contributed by atoms with van der Waals surface area (Å²) >= 11 is 5.80. The van der Waals surface area contributed by atoms with Gasteiger partial charge in [-0.2, -0.15) is 0 Å². The van der Waals surface area contributed by atoms with Crippen LogP contribution in [0.15, 0.2) is 11.6 Å². The molecule has 0 spiro atoms. The summed E-state index contributed by atoms with van der Waals surface area (Å²) in [6.07, 6.45) is 13.6. The van der Waals surface area contributed by atoms with E-state index in [2.05, 4.69) is 21.2 Å². The molecule has 4 unspecified atom stereocenters. The largest absolute Gasteiger partial charge is 0.360 e. The first-order chi connectivity index (χ1) is 11.3. The van der Waals surface area contributed by atoms with Crippen molar-refractivity contribution in [3.05, 3.63) is 11.6 Å². The first-order valence-corrected chi connectivity index (χ1v) is 10.2. The summed E-state index contributed by atoms with van der Waals surface area (Å²) in [5, 5.41) is 4.65. The molecule has 5 rings (SSSR count). The number of piperidine rings is 3. The molecule has 1 saturated carbocycles. The van der Waals surface area contributed by atoms with Crippen LogP contribution in [0.25, 0.3) is 0 Å². The van der Waals surface area contributed by atoms with E-state index in [1.807, 2.05) is 0 Å². The Morgan fingerprint density at radius 1 is 1.13 bits per heavy atom. The molecule has 0 radical (unpaired) electrons. The number of hydrogen-bond acceptors (Lipinski definition) is 2. The zero-order valence-corrected chi connectivity index (χ0v) is 14.9. The van der Waals surface area contributed by atoms with Gasteiger partial charge in [-0.05, 0) is 75.5 Å². The molecule has 4 heteroatoms. The average molecular weight is 332 g/mol. The molecule has 4 atom stereocenters. The van der Waals surface area contributed by atoms with Crippen LogP contribution in [0.4, 0.5) is 0 Å². The number of nitrogens with one attached hydrogen (secondary N) is 1. The first kappa shape index (κ1) is 14.7. The highest BCUT2D eigenvalue weighted by atomic mass is 32.1. The Morgan fingerprint density at radius 2 is 2.04 bits per heavy atom. The van der Waals surface area contributed by atoms with Gasteiger partial charge in [-0.1, -0.05) is 18.1 Å². The van der Waals surface area contributed by atoms with Crippen molar-refractivity contribution in [1.82, 2.24) is 15.1 Å². The van der Waals surface area contributed by atoms with Crippen LogP contribution in [0.2, 0.25) is 0 Å². The van der Waals surface area contributed by atoms with Crippen molar-refractivity contribution in [2.24, 2.45) is 11.8 Å². The minimum Gasteiger partial charge on any atom is -0.360 e. The molecule has 3 aliphatic heterocycles. The summed E-state index contributed by atoms with van der Waals surface area (Å²) in [5.41, 5.74) is 1.72. The van der Waals surface area contributed by atoms with Gasteiger partial charge in [0.25, 0.3) is 0 Å². The van der Waals surface area contributed by atoms with Gasteiger partial charge in [-0.3, -0.25) is 4.90 Å². The molecule has 3 nitrogen and oxygen atoms in total. The molecule has 1 N–H and O–H groups in total. The average Bonchev–Trinajstić information content (AvgIpc) is 3.38. The van der Waals surface area contributed by atoms with E-state index in [0.717, 1.165) is 29.5 Å². The monoisotopic (exact) mass is 331 g/mol. The van der Waals surface area contributed by atoms with Gasteiger partial charge in [0, 0.05) is 25.2 Å². The normalized spacial score (nSPS) is 40.0. The molecule has 2 aliphatic carbocycles. The summed E-state index contributed by atoms with van der Waals surface area (Å²) in [7, 11) is 0. The maximum Gasteiger partial charge on any atom is 0.169 e. The topological polar surface area (TPSA) is 18.5 Å².